The molecule has 1 aromatic carbocycles. The molecule has 0 bridgehead atoms. The van der Waals surface area contributed by atoms with E-state index in [2.05, 4.69) is 25.6 Å². The van der Waals surface area contributed by atoms with E-state index >= 15 is 0 Å². The van der Waals surface area contributed by atoms with Crippen molar-refractivity contribution >= 4 is 45.5 Å². The van der Waals surface area contributed by atoms with Crippen LogP contribution in [0.5, 0.6) is 0 Å². The van der Waals surface area contributed by atoms with Crippen LogP contribution in [-0.2, 0) is 5.92 Å². The second-order valence-corrected chi connectivity index (χ2v) is 7.95. The van der Waals surface area contributed by atoms with E-state index in [1.807, 2.05) is 0 Å². The first-order chi connectivity index (χ1) is 14.7. The lowest BCUT2D eigenvalue weighted by Crippen LogP contribution is -2.27. The highest BCUT2D eigenvalue weighted by Crippen LogP contribution is 2.32. The fourth-order valence-corrected chi connectivity index (χ4v) is 3.65. The normalized spacial score (nSPS) is 12.7. The zero-order valence-corrected chi connectivity index (χ0v) is 18.1. The van der Waals surface area contributed by atoms with E-state index in [-0.39, 0.29) is 28.1 Å². The van der Waals surface area contributed by atoms with Gasteiger partial charge in [0.1, 0.15) is 17.2 Å². The van der Waals surface area contributed by atoms with Crippen molar-refractivity contribution in [3.63, 3.8) is 0 Å². The van der Waals surface area contributed by atoms with E-state index < -0.39 is 11.8 Å². The minimum Gasteiger partial charge on any atom is -0.382 e. The standard InChI is InChI=1S/C20H19ClF2N6OS/c1-3-8-20(22,23)12-4-6-13(7-5-12)29-19-25-9-14(31-19)11(2)28-18(30)16-15(21)17(24)27-10-26-16/h3-11H,1-2H3,(H,25,29)(H,28,30)(H2,24,26,27)/b8-3+. The number of hydrogen-bond acceptors (Lipinski definition) is 7. The second-order valence-electron chi connectivity index (χ2n) is 6.51. The molecule has 1 unspecified atom stereocenters. The molecule has 0 fully saturated rings. The van der Waals surface area contributed by atoms with E-state index in [0.717, 1.165) is 17.3 Å². The topological polar surface area (TPSA) is 106 Å². The number of benzene rings is 1. The molecular weight excluding hydrogens is 446 g/mol. The second kappa shape index (κ2) is 9.36. The van der Waals surface area contributed by atoms with Crippen molar-refractivity contribution in [2.24, 2.45) is 0 Å². The number of halogens is 3. The molecule has 1 atom stereocenters. The van der Waals surface area contributed by atoms with Crippen LogP contribution in [0.3, 0.4) is 0 Å². The first-order valence-corrected chi connectivity index (χ1v) is 10.3. The quantitative estimate of drug-likeness (QED) is 0.421. The summed E-state index contributed by atoms with van der Waals surface area (Å²) < 4.78 is 27.8. The van der Waals surface area contributed by atoms with Gasteiger partial charge in [0.25, 0.3) is 11.8 Å². The Bertz CT molecular complexity index is 1100. The van der Waals surface area contributed by atoms with E-state index in [9.17, 15) is 13.6 Å². The molecule has 3 rings (SSSR count). The maximum absolute atomic E-state index is 13.9. The van der Waals surface area contributed by atoms with Gasteiger partial charge in [-0.1, -0.05) is 41.1 Å². The summed E-state index contributed by atoms with van der Waals surface area (Å²) >= 11 is 7.30. The summed E-state index contributed by atoms with van der Waals surface area (Å²) in [6, 6.07) is 5.45. The summed E-state index contributed by atoms with van der Waals surface area (Å²) in [7, 11) is 0. The molecular formula is C20H19ClF2N6OS. The lowest BCUT2D eigenvalue weighted by atomic mass is 10.1. The Morgan fingerprint density at radius 2 is 1.97 bits per heavy atom. The average Bonchev–Trinajstić information content (AvgIpc) is 3.19. The van der Waals surface area contributed by atoms with Crippen LogP contribution in [0.2, 0.25) is 5.02 Å². The molecule has 2 heterocycles. The highest BCUT2D eigenvalue weighted by molar-refractivity contribution is 7.15. The number of thiazole rings is 1. The van der Waals surface area contributed by atoms with Gasteiger partial charge >= 0.3 is 0 Å². The van der Waals surface area contributed by atoms with Crippen molar-refractivity contribution in [3.8, 4) is 0 Å². The van der Waals surface area contributed by atoms with Crippen molar-refractivity contribution in [3.05, 3.63) is 70.1 Å². The summed E-state index contributed by atoms with van der Waals surface area (Å²) in [6.07, 6.45) is 4.94. The van der Waals surface area contributed by atoms with Crippen LogP contribution >= 0.6 is 22.9 Å². The zero-order valence-electron chi connectivity index (χ0n) is 16.6. The Morgan fingerprint density at radius 3 is 2.65 bits per heavy atom. The maximum Gasteiger partial charge on any atom is 0.291 e. The third kappa shape index (κ3) is 5.33. The summed E-state index contributed by atoms with van der Waals surface area (Å²) in [4.78, 5) is 25.0. The van der Waals surface area contributed by atoms with E-state index in [4.69, 9.17) is 17.3 Å². The lowest BCUT2D eigenvalue weighted by molar-refractivity contribution is 0.0520. The Kier molecular flexibility index (Phi) is 6.81. The summed E-state index contributed by atoms with van der Waals surface area (Å²) in [5.74, 6) is -3.49. The summed E-state index contributed by atoms with van der Waals surface area (Å²) in [5, 5.41) is 6.38. The molecule has 0 spiro atoms. The van der Waals surface area contributed by atoms with Crippen LogP contribution in [0.15, 0.2) is 48.9 Å². The predicted octanol–water partition coefficient (Wildman–Crippen LogP) is 5.07. The van der Waals surface area contributed by atoms with Gasteiger partial charge in [0.05, 0.1) is 6.04 Å². The fraction of sp³-hybridized carbons (Fsp3) is 0.200. The van der Waals surface area contributed by atoms with Gasteiger partial charge in [-0.05, 0) is 32.1 Å². The van der Waals surface area contributed by atoms with Crippen LogP contribution in [-0.4, -0.2) is 20.9 Å². The Balaban J connectivity index is 1.66. The van der Waals surface area contributed by atoms with Crippen molar-refractivity contribution in [2.75, 3.05) is 11.1 Å². The van der Waals surface area contributed by atoms with Gasteiger partial charge in [-0.15, -0.1) is 0 Å². The molecule has 0 aliphatic rings. The molecule has 7 nitrogen and oxygen atoms in total. The molecule has 0 aliphatic carbocycles. The van der Waals surface area contributed by atoms with E-state index in [1.165, 1.54) is 29.5 Å². The predicted molar refractivity (Wildman–Crippen MR) is 118 cm³/mol. The summed E-state index contributed by atoms with van der Waals surface area (Å²) in [6.45, 7) is 3.33. The largest absolute Gasteiger partial charge is 0.382 e. The number of nitrogens with zero attached hydrogens (tertiary/aromatic N) is 3. The minimum atomic E-state index is -3.02. The van der Waals surface area contributed by atoms with Crippen molar-refractivity contribution in [2.45, 2.75) is 25.8 Å². The van der Waals surface area contributed by atoms with Gasteiger partial charge in [-0.2, -0.15) is 8.78 Å². The van der Waals surface area contributed by atoms with Gasteiger partial charge in [0, 0.05) is 22.3 Å². The highest BCUT2D eigenvalue weighted by Gasteiger charge is 2.27. The molecule has 2 aromatic heterocycles. The Morgan fingerprint density at radius 1 is 1.26 bits per heavy atom. The first-order valence-electron chi connectivity index (χ1n) is 9.13. The summed E-state index contributed by atoms with van der Waals surface area (Å²) in [5.41, 5.74) is 6.10. The molecule has 3 aromatic rings. The average molecular weight is 465 g/mol. The smallest absolute Gasteiger partial charge is 0.291 e. The van der Waals surface area contributed by atoms with Gasteiger partial charge in [0.2, 0.25) is 0 Å². The van der Waals surface area contributed by atoms with Crippen molar-refractivity contribution < 1.29 is 13.6 Å². The van der Waals surface area contributed by atoms with Gasteiger partial charge in [-0.25, -0.2) is 15.0 Å². The van der Waals surface area contributed by atoms with E-state index in [1.54, 1.807) is 32.2 Å². The molecule has 0 radical (unpaired) electrons. The molecule has 162 valence electrons. The van der Waals surface area contributed by atoms with Crippen molar-refractivity contribution in [1.29, 1.82) is 0 Å². The molecule has 0 saturated carbocycles. The van der Waals surface area contributed by atoms with Crippen LogP contribution < -0.4 is 16.4 Å². The zero-order chi connectivity index (χ0) is 22.6. The number of allylic oxidation sites excluding steroid dienone is 2. The van der Waals surface area contributed by atoms with Gasteiger partial charge in [-0.3, -0.25) is 4.79 Å². The van der Waals surface area contributed by atoms with Crippen LogP contribution in [0.4, 0.5) is 25.4 Å². The van der Waals surface area contributed by atoms with Gasteiger partial charge < -0.3 is 16.4 Å². The number of nitrogen functional groups attached to an aromatic ring is 1. The SMILES string of the molecule is C/C=C/C(F)(F)c1ccc(Nc2ncc(C(C)NC(=O)c3ncnc(N)c3Cl)s2)cc1. The number of carbonyl (C=O) groups is 1. The fourth-order valence-electron chi connectivity index (χ4n) is 2.63. The first kappa shape index (κ1) is 22.6. The van der Waals surface area contributed by atoms with Crippen LogP contribution in [0, 0.1) is 0 Å². The maximum atomic E-state index is 13.9. The molecule has 11 heteroatoms. The number of alkyl halides is 2. The number of anilines is 3. The Labute approximate surface area is 186 Å². The third-order valence-corrected chi connectivity index (χ3v) is 5.69. The lowest BCUT2D eigenvalue weighted by Gasteiger charge is -2.13. The number of carbonyl (C=O) groups excluding carboxylic acids is 1. The number of hydrogen-bond donors (Lipinski definition) is 3. The molecule has 31 heavy (non-hydrogen) atoms. The molecule has 1 amide bonds. The molecule has 4 N–H and O–H groups in total. The van der Waals surface area contributed by atoms with E-state index in [0.29, 0.717) is 10.8 Å². The van der Waals surface area contributed by atoms with Crippen molar-refractivity contribution in [1.82, 2.24) is 20.3 Å². The number of nitrogens with two attached hydrogens (primary N) is 1. The molecule has 0 saturated heterocycles. The van der Waals surface area contributed by atoms with Crippen LogP contribution in [0.1, 0.15) is 40.8 Å². The molecule has 0 aliphatic heterocycles. The third-order valence-electron chi connectivity index (χ3n) is 4.23. The highest BCUT2D eigenvalue weighted by atomic mass is 35.5. The van der Waals surface area contributed by atoms with Gasteiger partial charge in [0.15, 0.2) is 10.8 Å². The van der Waals surface area contributed by atoms with Crippen LogP contribution in [0.25, 0.3) is 0 Å². The monoisotopic (exact) mass is 464 g/mol. The Hall–Kier alpha value is -3.11. The number of amides is 1. The number of aromatic nitrogens is 3. The number of rotatable bonds is 7. The number of nitrogens with one attached hydrogen (secondary N) is 2. The minimum absolute atomic E-state index is 0.0117.